The van der Waals surface area contributed by atoms with Gasteiger partial charge in [-0.2, -0.15) is 0 Å². The fourth-order valence-corrected chi connectivity index (χ4v) is 3.72. The smallest absolute Gasteiger partial charge is 0.410 e. The molecular weight excluding hydrogens is 432 g/mol. The number of halogens is 1. The van der Waals surface area contributed by atoms with Crippen LogP contribution in [0.2, 0.25) is 0 Å². The van der Waals surface area contributed by atoms with Crippen LogP contribution in [0.1, 0.15) is 33.3 Å². The van der Waals surface area contributed by atoms with Crippen molar-refractivity contribution in [1.82, 2.24) is 9.80 Å². The third-order valence-electron chi connectivity index (χ3n) is 4.73. The highest BCUT2D eigenvalue weighted by atomic mass is 79.9. The maximum absolute atomic E-state index is 12.4. The van der Waals surface area contributed by atoms with Crippen molar-refractivity contribution in [3.8, 4) is 11.5 Å². The van der Waals surface area contributed by atoms with E-state index in [-0.39, 0.29) is 12.1 Å². The first kappa shape index (κ1) is 21.7. The normalized spacial score (nSPS) is 17.8. The maximum atomic E-state index is 12.4. The van der Waals surface area contributed by atoms with E-state index in [4.69, 9.17) is 9.47 Å². The molecule has 0 N–H and O–H groups in total. The van der Waals surface area contributed by atoms with Crippen molar-refractivity contribution in [2.24, 2.45) is 0 Å². The number of rotatable bonds is 4. The molecule has 1 amide bonds. The molecule has 1 aliphatic rings. The predicted octanol–water partition coefficient (Wildman–Crippen LogP) is 5.68. The van der Waals surface area contributed by atoms with E-state index >= 15 is 0 Å². The van der Waals surface area contributed by atoms with Crippen molar-refractivity contribution in [3.05, 3.63) is 58.6 Å². The van der Waals surface area contributed by atoms with E-state index in [0.717, 1.165) is 41.2 Å². The summed E-state index contributed by atoms with van der Waals surface area (Å²) in [5, 5.41) is 0. The van der Waals surface area contributed by atoms with Crippen LogP contribution in [0.3, 0.4) is 0 Å². The molecule has 5 nitrogen and oxygen atoms in total. The molecular formula is C23H29BrN2O3. The number of hydrogen-bond donors (Lipinski definition) is 0. The third-order valence-corrected chi connectivity index (χ3v) is 5.23. The fourth-order valence-electron chi connectivity index (χ4n) is 3.38. The largest absolute Gasteiger partial charge is 0.457 e. The molecule has 1 aliphatic heterocycles. The van der Waals surface area contributed by atoms with Gasteiger partial charge in [-0.05, 0) is 52.0 Å². The summed E-state index contributed by atoms with van der Waals surface area (Å²) in [6, 6.07) is 16.0. The molecule has 3 rings (SSSR count). The Labute approximate surface area is 181 Å². The highest BCUT2D eigenvalue weighted by Gasteiger charge is 2.31. The zero-order valence-corrected chi connectivity index (χ0v) is 19.1. The predicted molar refractivity (Wildman–Crippen MR) is 118 cm³/mol. The molecule has 6 heteroatoms. The molecule has 2 aromatic carbocycles. The number of piperazine rings is 1. The summed E-state index contributed by atoms with van der Waals surface area (Å²) < 4.78 is 12.7. The fraction of sp³-hybridized carbons (Fsp3) is 0.435. The van der Waals surface area contributed by atoms with E-state index in [2.05, 4.69) is 33.8 Å². The van der Waals surface area contributed by atoms with Crippen LogP contribution < -0.4 is 4.74 Å². The second kappa shape index (κ2) is 9.18. The van der Waals surface area contributed by atoms with Gasteiger partial charge in [-0.3, -0.25) is 4.90 Å². The van der Waals surface area contributed by atoms with Gasteiger partial charge in [0.2, 0.25) is 0 Å². The summed E-state index contributed by atoms with van der Waals surface area (Å²) in [7, 11) is 0. The molecule has 0 saturated carbocycles. The standard InChI is InChI=1S/C23H29BrN2O3/c1-17-15-25(12-13-26(17)22(27)29-23(2,3)4)16-18-10-11-19(24)14-21(18)28-20-8-6-5-7-9-20/h5-11,14,17H,12-13,15-16H2,1-4H3/t17-/m1/s1. The van der Waals surface area contributed by atoms with Crippen LogP contribution in [-0.2, 0) is 11.3 Å². The van der Waals surface area contributed by atoms with Crippen molar-refractivity contribution in [1.29, 1.82) is 0 Å². The molecule has 0 spiro atoms. The quantitative estimate of drug-likeness (QED) is 0.588. The molecule has 29 heavy (non-hydrogen) atoms. The summed E-state index contributed by atoms with van der Waals surface area (Å²) in [5.41, 5.74) is 0.643. The highest BCUT2D eigenvalue weighted by Crippen LogP contribution is 2.30. The molecule has 156 valence electrons. The Morgan fingerprint density at radius 2 is 1.86 bits per heavy atom. The molecule has 0 aromatic heterocycles. The van der Waals surface area contributed by atoms with Gasteiger partial charge in [0.1, 0.15) is 17.1 Å². The minimum atomic E-state index is -0.477. The van der Waals surface area contributed by atoms with Crippen LogP contribution in [0.25, 0.3) is 0 Å². The number of benzene rings is 2. The van der Waals surface area contributed by atoms with Gasteiger partial charge in [-0.1, -0.05) is 40.2 Å². The van der Waals surface area contributed by atoms with E-state index < -0.39 is 5.60 Å². The summed E-state index contributed by atoms with van der Waals surface area (Å²) in [6.07, 6.45) is -0.235. The number of amides is 1. The Morgan fingerprint density at radius 3 is 2.52 bits per heavy atom. The van der Waals surface area contributed by atoms with Crippen molar-refractivity contribution >= 4 is 22.0 Å². The lowest BCUT2D eigenvalue weighted by Gasteiger charge is -2.40. The number of carbonyl (C=O) groups is 1. The van der Waals surface area contributed by atoms with Gasteiger partial charge in [0.25, 0.3) is 0 Å². The first-order valence-electron chi connectivity index (χ1n) is 9.94. The monoisotopic (exact) mass is 460 g/mol. The number of hydrogen-bond acceptors (Lipinski definition) is 4. The van der Waals surface area contributed by atoms with Crippen molar-refractivity contribution in [2.75, 3.05) is 19.6 Å². The van der Waals surface area contributed by atoms with Gasteiger partial charge in [0.05, 0.1) is 0 Å². The minimum Gasteiger partial charge on any atom is -0.457 e. The van der Waals surface area contributed by atoms with E-state index in [1.165, 1.54) is 0 Å². The first-order chi connectivity index (χ1) is 13.7. The van der Waals surface area contributed by atoms with Crippen LogP contribution in [0.15, 0.2) is 53.0 Å². The van der Waals surface area contributed by atoms with Crippen molar-refractivity contribution in [2.45, 2.75) is 45.9 Å². The number of ether oxygens (including phenoxy) is 2. The molecule has 1 fully saturated rings. The lowest BCUT2D eigenvalue weighted by atomic mass is 10.1. The second-order valence-corrected chi connectivity index (χ2v) is 9.34. The lowest BCUT2D eigenvalue weighted by Crippen LogP contribution is -2.54. The molecule has 1 saturated heterocycles. The van der Waals surface area contributed by atoms with Gasteiger partial charge in [-0.15, -0.1) is 0 Å². The Bertz CT molecular complexity index is 836. The average molecular weight is 461 g/mol. The van der Waals surface area contributed by atoms with E-state index in [1.54, 1.807) is 0 Å². The Kier molecular flexibility index (Phi) is 6.85. The lowest BCUT2D eigenvalue weighted by molar-refractivity contribution is 0.000490. The summed E-state index contributed by atoms with van der Waals surface area (Å²) in [6.45, 7) is 10.8. The zero-order valence-electron chi connectivity index (χ0n) is 17.5. The van der Waals surface area contributed by atoms with Crippen molar-refractivity contribution in [3.63, 3.8) is 0 Å². The number of carbonyl (C=O) groups excluding carboxylic acids is 1. The number of nitrogens with zero attached hydrogens (tertiary/aromatic N) is 2. The molecule has 0 radical (unpaired) electrons. The zero-order chi connectivity index (χ0) is 21.0. The maximum Gasteiger partial charge on any atom is 0.410 e. The van der Waals surface area contributed by atoms with Crippen LogP contribution in [-0.4, -0.2) is 47.2 Å². The summed E-state index contributed by atoms with van der Waals surface area (Å²) in [5.74, 6) is 1.66. The molecule has 1 atom stereocenters. The topological polar surface area (TPSA) is 42.0 Å². The molecule has 0 bridgehead atoms. The van der Waals surface area contributed by atoms with Crippen molar-refractivity contribution < 1.29 is 14.3 Å². The highest BCUT2D eigenvalue weighted by molar-refractivity contribution is 9.10. The van der Waals surface area contributed by atoms with Crippen LogP contribution >= 0.6 is 15.9 Å². The molecule has 2 aromatic rings. The minimum absolute atomic E-state index is 0.0903. The van der Waals surface area contributed by atoms with E-state index in [9.17, 15) is 4.79 Å². The van der Waals surface area contributed by atoms with Crippen LogP contribution in [0.4, 0.5) is 4.79 Å². The van der Waals surface area contributed by atoms with Gasteiger partial charge in [0.15, 0.2) is 0 Å². The SMILES string of the molecule is C[C@@H]1CN(Cc2ccc(Br)cc2Oc2ccccc2)CCN1C(=O)OC(C)(C)C. The van der Waals surface area contributed by atoms with Crippen LogP contribution in [0, 0.1) is 0 Å². The summed E-state index contributed by atoms with van der Waals surface area (Å²) >= 11 is 3.54. The summed E-state index contributed by atoms with van der Waals surface area (Å²) in [4.78, 5) is 16.6. The first-order valence-corrected chi connectivity index (χ1v) is 10.7. The van der Waals surface area contributed by atoms with Gasteiger partial charge >= 0.3 is 6.09 Å². The van der Waals surface area contributed by atoms with Gasteiger partial charge < -0.3 is 14.4 Å². The van der Waals surface area contributed by atoms with E-state index in [1.807, 2.05) is 68.1 Å². The van der Waals surface area contributed by atoms with Gasteiger partial charge in [0, 0.05) is 42.3 Å². The Morgan fingerprint density at radius 1 is 1.14 bits per heavy atom. The molecule has 0 aliphatic carbocycles. The molecule has 1 heterocycles. The number of para-hydroxylation sites is 1. The Hall–Kier alpha value is -2.05. The molecule has 0 unspecified atom stereocenters. The van der Waals surface area contributed by atoms with Gasteiger partial charge in [-0.25, -0.2) is 4.79 Å². The second-order valence-electron chi connectivity index (χ2n) is 8.43. The van der Waals surface area contributed by atoms with Crippen LogP contribution in [0.5, 0.6) is 11.5 Å². The Balaban J connectivity index is 1.66. The van der Waals surface area contributed by atoms with E-state index in [0.29, 0.717) is 6.54 Å². The average Bonchev–Trinajstić information content (AvgIpc) is 2.63. The third kappa shape index (κ3) is 6.21.